The van der Waals surface area contributed by atoms with Crippen molar-refractivity contribution in [2.45, 2.75) is 38.4 Å². The maximum atomic E-state index is 12.2. The van der Waals surface area contributed by atoms with E-state index in [-0.39, 0.29) is 24.4 Å². The van der Waals surface area contributed by atoms with E-state index < -0.39 is 18.0 Å². The predicted octanol–water partition coefficient (Wildman–Crippen LogP) is 1.12. The molecule has 0 saturated carbocycles. The maximum absolute atomic E-state index is 12.2. The molecule has 7 nitrogen and oxygen atoms in total. The van der Waals surface area contributed by atoms with Gasteiger partial charge in [0.2, 0.25) is 5.91 Å². The molecule has 2 rings (SSSR count). The van der Waals surface area contributed by atoms with Gasteiger partial charge in [-0.2, -0.15) is 0 Å². The largest absolute Gasteiger partial charge is 0.480 e. The monoisotopic (exact) mass is 319 g/mol. The van der Waals surface area contributed by atoms with Crippen LogP contribution >= 0.6 is 0 Å². The zero-order valence-corrected chi connectivity index (χ0v) is 13.2. The Labute approximate surface area is 134 Å². The van der Waals surface area contributed by atoms with E-state index in [1.54, 1.807) is 4.90 Å². The fourth-order valence-corrected chi connectivity index (χ4v) is 2.60. The number of carbonyl (C=O) groups is 3. The highest BCUT2D eigenvalue weighted by Gasteiger charge is 2.34. The minimum Gasteiger partial charge on any atom is -0.480 e. The van der Waals surface area contributed by atoms with E-state index in [0.29, 0.717) is 6.54 Å². The summed E-state index contributed by atoms with van der Waals surface area (Å²) in [5.41, 5.74) is 1.03. The van der Waals surface area contributed by atoms with Crippen LogP contribution < -0.4 is 10.6 Å². The van der Waals surface area contributed by atoms with Crippen LogP contribution in [0.25, 0.3) is 0 Å². The van der Waals surface area contributed by atoms with Gasteiger partial charge in [-0.3, -0.25) is 9.59 Å². The van der Waals surface area contributed by atoms with Crippen LogP contribution in [-0.2, 0) is 9.59 Å². The van der Waals surface area contributed by atoms with Crippen molar-refractivity contribution in [2.24, 2.45) is 0 Å². The first-order valence-electron chi connectivity index (χ1n) is 7.52. The van der Waals surface area contributed by atoms with Crippen LogP contribution in [0.3, 0.4) is 0 Å². The number of urea groups is 1. The number of aliphatic carboxylic acids is 1. The number of carboxylic acid groups (broad SMARTS) is 1. The van der Waals surface area contributed by atoms with Crippen LogP contribution in [0.15, 0.2) is 30.3 Å². The van der Waals surface area contributed by atoms with Crippen LogP contribution in [0.4, 0.5) is 4.79 Å². The summed E-state index contributed by atoms with van der Waals surface area (Å²) >= 11 is 0. The summed E-state index contributed by atoms with van der Waals surface area (Å²) in [4.78, 5) is 36.4. The minimum absolute atomic E-state index is 0.0297. The summed E-state index contributed by atoms with van der Waals surface area (Å²) in [6, 6.07) is 7.72. The van der Waals surface area contributed by atoms with Gasteiger partial charge in [0.05, 0.1) is 12.1 Å². The molecule has 1 aliphatic heterocycles. The van der Waals surface area contributed by atoms with E-state index in [1.807, 2.05) is 37.3 Å². The molecular formula is C16H21N3O4. The van der Waals surface area contributed by atoms with Crippen molar-refractivity contribution in [2.75, 3.05) is 6.54 Å². The lowest BCUT2D eigenvalue weighted by Crippen LogP contribution is -2.48. The van der Waals surface area contributed by atoms with Gasteiger partial charge in [0.25, 0.3) is 0 Å². The summed E-state index contributed by atoms with van der Waals surface area (Å²) in [7, 11) is 0. The van der Waals surface area contributed by atoms with Crippen molar-refractivity contribution >= 4 is 17.9 Å². The molecule has 23 heavy (non-hydrogen) atoms. The van der Waals surface area contributed by atoms with Gasteiger partial charge in [-0.05, 0) is 19.4 Å². The van der Waals surface area contributed by atoms with Crippen LogP contribution in [0.2, 0.25) is 0 Å². The molecule has 3 atom stereocenters. The second kappa shape index (κ2) is 7.13. The Kier molecular flexibility index (Phi) is 5.20. The smallest absolute Gasteiger partial charge is 0.325 e. The first-order valence-corrected chi connectivity index (χ1v) is 7.52. The normalized spacial score (nSPS) is 20.0. The summed E-state index contributed by atoms with van der Waals surface area (Å²) in [5.74, 6) is -1.14. The molecule has 0 aromatic heterocycles. The third-order valence-corrected chi connectivity index (χ3v) is 3.96. The van der Waals surface area contributed by atoms with Crippen molar-refractivity contribution in [1.29, 1.82) is 0 Å². The average Bonchev–Trinajstić information content (AvgIpc) is 2.87. The van der Waals surface area contributed by atoms with E-state index in [2.05, 4.69) is 10.6 Å². The molecule has 7 heteroatoms. The molecule has 3 unspecified atom stereocenters. The van der Waals surface area contributed by atoms with E-state index in [9.17, 15) is 14.4 Å². The highest BCUT2D eigenvalue weighted by molar-refractivity contribution is 5.84. The summed E-state index contributed by atoms with van der Waals surface area (Å²) in [5, 5.41) is 13.7. The van der Waals surface area contributed by atoms with E-state index in [4.69, 9.17) is 5.11 Å². The first-order chi connectivity index (χ1) is 10.9. The second-order valence-corrected chi connectivity index (χ2v) is 5.71. The first kappa shape index (κ1) is 16.8. The van der Waals surface area contributed by atoms with Crippen LogP contribution in [0, 0.1) is 0 Å². The highest BCUT2D eigenvalue weighted by Crippen LogP contribution is 2.25. The van der Waals surface area contributed by atoms with Gasteiger partial charge in [-0.25, -0.2) is 4.79 Å². The van der Waals surface area contributed by atoms with Gasteiger partial charge in [-0.15, -0.1) is 0 Å². The average molecular weight is 319 g/mol. The Bertz CT molecular complexity index is 590. The Morgan fingerprint density at radius 2 is 1.91 bits per heavy atom. The number of rotatable bonds is 5. The van der Waals surface area contributed by atoms with Gasteiger partial charge in [-0.1, -0.05) is 30.3 Å². The molecule has 1 aromatic rings. The molecule has 3 N–H and O–H groups in total. The van der Waals surface area contributed by atoms with E-state index >= 15 is 0 Å². The molecule has 0 aliphatic carbocycles. The number of nitrogens with one attached hydrogen (secondary N) is 2. The van der Waals surface area contributed by atoms with Gasteiger partial charge in [0.1, 0.15) is 6.04 Å². The minimum atomic E-state index is -1.11. The zero-order chi connectivity index (χ0) is 17.0. The van der Waals surface area contributed by atoms with Gasteiger partial charge in [0, 0.05) is 13.0 Å². The Morgan fingerprint density at radius 1 is 1.26 bits per heavy atom. The van der Waals surface area contributed by atoms with Crippen LogP contribution in [-0.4, -0.2) is 46.5 Å². The Hall–Kier alpha value is -2.57. The molecule has 3 amide bonds. The van der Waals surface area contributed by atoms with Crippen molar-refractivity contribution in [3.05, 3.63) is 35.9 Å². The van der Waals surface area contributed by atoms with Crippen LogP contribution in [0.1, 0.15) is 31.9 Å². The van der Waals surface area contributed by atoms with Crippen molar-refractivity contribution in [3.63, 3.8) is 0 Å². The van der Waals surface area contributed by atoms with Crippen LogP contribution in [0.5, 0.6) is 0 Å². The second-order valence-electron chi connectivity index (χ2n) is 5.71. The topological polar surface area (TPSA) is 98.7 Å². The molecule has 0 spiro atoms. The van der Waals surface area contributed by atoms with Crippen molar-refractivity contribution < 1.29 is 19.5 Å². The predicted molar refractivity (Wildman–Crippen MR) is 83.7 cm³/mol. The number of carbonyl (C=O) groups excluding carboxylic acids is 2. The number of amides is 3. The maximum Gasteiger partial charge on any atom is 0.325 e. The molecule has 1 fully saturated rings. The molecule has 1 aliphatic rings. The summed E-state index contributed by atoms with van der Waals surface area (Å²) in [6.07, 6.45) is 0.214. The fraction of sp³-hybridized carbons (Fsp3) is 0.438. The van der Waals surface area contributed by atoms with Gasteiger partial charge in [0.15, 0.2) is 0 Å². The molecule has 124 valence electrons. The fourth-order valence-electron chi connectivity index (χ4n) is 2.60. The lowest BCUT2D eigenvalue weighted by molar-refractivity contribution is -0.138. The standard InChI is InChI=1S/C16H21N3O4/c1-10(15(21)22)17-16(23)18-13-8-14(20)19(9-13)11(2)12-6-4-3-5-7-12/h3-7,10-11,13H,8-9H2,1-2H3,(H,21,22)(H2,17,18,23). The van der Waals surface area contributed by atoms with E-state index in [0.717, 1.165) is 5.56 Å². The number of hydrogen-bond donors (Lipinski definition) is 3. The van der Waals surface area contributed by atoms with Gasteiger partial charge >= 0.3 is 12.0 Å². The molecule has 1 aromatic carbocycles. The third kappa shape index (κ3) is 4.21. The van der Waals surface area contributed by atoms with E-state index in [1.165, 1.54) is 6.92 Å². The Balaban J connectivity index is 1.92. The molecule has 1 heterocycles. The van der Waals surface area contributed by atoms with Crippen molar-refractivity contribution in [3.8, 4) is 0 Å². The lowest BCUT2D eigenvalue weighted by atomic mass is 10.1. The third-order valence-electron chi connectivity index (χ3n) is 3.96. The lowest BCUT2D eigenvalue weighted by Gasteiger charge is -2.25. The molecule has 0 bridgehead atoms. The Morgan fingerprint density at radius 3 is 2.52 bits per heavy atom. The van der Waals surface area contributed by atoms with Crippen molar-refractivity contribution in [1.82, 2.24) is 15.5 Å². The number of nitrogens with zero attached hydrogens (tertiary/aromatic N) is 1. The molecule has 0 radical (unpaired) electrons. The number of carboxylic acids is 1. The quantitative estimate of drug-likeness (QED) is 0.757. The zero-order valence-electron chi connectivity index (χ0n) is 13.2. The number of likely N-dealkylation sites (tertiary alicyclic amines) is 1. The summed E-state index contributed by atoms with van der Waals surface area (Å²) in [6.45, 7) is 3.73. The van der Waals surface area contributed by atoms with Gasteiger partial charge < -0.3 is 20.6 Å². The molecule has 1 saturated heterocycles. The highest BCUT2D eigenvalue weighted by atomic mass is 16.4. The number of hydrogen-bond acceptors (Lipinski definition) is 3. The SMILES string of the molecule is CC(NC(=O)NC1CC(=O)N(C(C)c2ccccc2)C1)C(=O)O. The summed E-state index contributed by atoms with van der Waals surface area (Å²) < 4.78 is 0. The molecular weight excluding hydrogens is 298 g/mol. The number of benzene rings is 1.